The molecule has 14 heavy (non-hydrogen) atoms. The van der Waals surface area contributed by atoms with Gasteiger partial charge in [0, 0.05) is 12.1 Å². The minimum absolute atomic E-state index is 0.160. The summed E-state index contributed by atoms with van der Waals surface area (Å²) in [6.45, 7) is 0. The van der Waals surface area contributed by atoms with E-state index in [1.807, 2.05) is 0 Å². The number of halogens is 1. The summed E-state index contributed by atoms with van der Waals surface area (Å²) in [6, 6.07) is 1.86. The molecule has 0 saturated heterocycles. The van der Waals surface area contributed by atoms with Gasteiger partial charge in [-0.15, -0.1) is 0 Å². The molecule has 6 heteroatoms. The summed E-state index contributed by atoms with van der Waals surface area (Å²) in [6.07, 6.45) is 0. The Bertz CT molecular complexity index is 341. The molecule has 0 amide bonds. The number of ether oxygens (including phenoxy) is 2. The Morgan fingerprint density at radius 2 is 1.71 bits per heavy atom. The van der Waals surface area contributed by atoms with E-state index in [9.17, 15) is 14.5 Å². The van der Waals surface area contributed by atoms with Crippen molar-refractivity contribution < 1.29 is 18.8 Å². The molecule has 0 saturated carbocycles. The minimum Gasteiger partial charge on any atom is -0.490 e. The first kappa shape index (κ1) is 10.2. The summed E-state index contributed by atoms with van der Waals surface area (Å²) in [7, 11) is 2.45. The lowest BCUT2D eigenvalue weighted by atomic mass is 10.2. The highest BCUT2D eigenvalue weighted by Crippen LogP contribution is 2.37. The van der Waals surface area contributed by atoms with E-state index in [1.165, 1.54) is 14.2 Å². The molecule has 76 valence electrons. The number of methoxy groups -OCH3 is 2. The van der Waals surface area contributed by atoms with E-state index in [4.69, 9.17) is 0 Å². The molecule has 0 fully saturated rings. The molecule has 0 aliphatic rings. The van der Waals surface area contributed by atoms with E-state index in [-0.39, 0.29) is 17.2 Å². The van der Waals surface area contributed by atoms with Gasteiger partial charge in [0.05, 0.1) is 19.1 Å². The van der Waals surface area contributed by atoms with Crippen LogP contribution in [0.1, 0.15) is 0 Å². The molecule has 0 radical (unpaired) electrons. The van der Waals surface area contributed by atoms with Crippen molar-refractivity contribution in [3.8, 4) is 11.5 Å². The van der Waals surface area contributed by atoms with E-state index >= 15 is 0 Å². The number of hydrogen-bond acceptors (Lipinski definition) is 4. The average molecular weight is 201 g/mol. The lowest BCUT2D eigenvalue weighted by molar-refractivity contribution is -0.386. The maximum absolute atomic E-state index is 12.9. The maximum Gasteiger partial charge on any atom is 0.352 e. The van der Waals surface area contributed by atoms with E-state index < -0.39 is 10.7 Å². The predicted molar refractivity (Wildman–Crippen MR) is 46.2 cm³/mol. The Labute approximate surface area is 79.2 Å². The predicted octanol–water partition coefficient (Wildman–Crippen LogP) is 1.75. The molecular weight excluding hydrogens is 193 g/mol. The van der Waals surface area contributed by atoms with Crippen molar-refractivity contribution >= 4 is 5.69 Å². The highest BCUT2D eigenvalue weighted by molar-refractivity contribution is 5.57. The Kier molecular flexibility index (Phi) is 2.85. The lowest BCUT2D eigenvalue weighted by Gasteiger charge is -2.05. The molecular formula is C8H8FNO4. The molecule has 1 aromatic carbocycles. The third-order valence-corrected chi connectivity index (χ3v) is 1.63. The van der Waals surface area contributed by atoms with Crippen molar-refractivity contribution in [2.24, 2.45) is 0 Å². The fourth-order valence-corrected chi connectivity index (χ4v) is 1.04. The number of nitro benzene ring substituents is 1. The number of benzene rings is 1. The fourth-order valence-electron chi connectivity index (χ4n) is 1.04. The van der Waals surface area contributed by atoms with Gasteiger partial charge in [-0.2, -0.15) is 0 Å². The van der Waals surface area contributed by atoms with Crippen LogP contribution in [0.25, 0.3) is 0 Å². The summed E-state index contributed by atoms with van der Waals surface area (Å²) >= 11 is 0. The van der Waals surface area contributed by atoms with Crippen molar-refractivity contribution in [1.82, 2.24) is 0 Å². The van der Waals surface area contributed by atoms with Gasteiger partial charge in [0.25, 0.3) is 0 Å². The molecule has 0 aromatic heterocycles. The van der Waals surface area contributed by atoms with Gasteiger partial charge in [-0.1, -0.05) is 0 Å². The summed E-state index contributed by atoms with van der Waals surface area (Å²) in [5.74, 6) is -0.969. The molecule has 0 atom stereocenters. The molecule has 0 bridgehead atoms. The highest BCUT2D eigenvalue weighted by atomic mass is 19.1. The van der Waals surface area contributed by atoms with E-state index in [0.29, 0.717) is 0 Å². The number of rotatable bonds is 3. The van der Waals surface area contributed by atoms with E-state index in [0.717, 1.165) is 12.1 Å². The Morgan fingerprint density at radius 3 is 2.00 bits per heavy atom. The normalized spacial score (nSPS) is 9.64. The second kappa shape index (κ2) is 3.91. The van der Waals surface area contributed by atoms with Crippen molar-refractivity contribution in [1.29, 1.82) is 0 Å². The standard InChI is InChI=1S/C8H8FNO4/c1-13-6-3-5(9)4-7(14-2)8(6)10(11)12/h3-4H,1-2H3. The van der Waals surface area contributed by atoms with Crippen LogP contribution < -0.4 is 9.47 Å². The zero-order valence-electron chi connectivity index (χ0n) is 7.61. The van der Waals surface area contributed by atoms with Crippen LogP contribution in [0.3, 0.4) is 0 Å². The largest absolute Gasteiger partial charge is 0.490 e. The molecule has 0 spiro atoms. The van der Waals surface area contributed by atoms with Gasteiger partial charge in [0.2, 0.25) is 11.5 Å². The zero-order valence-corrected chi connectivity index (χ0v) is 7.61. The van der Waals surface area contributed by atoms with Crippen LogP contribution >= 0.6 is 0 Å². The van der Waals surface area contributed by atoms with Gasteiger partial charge in [-0.25, -0.2) is 4.39 Å². The third kappa shape index (κ3) is 1.73. The maximum atomic E-state index is 12.9. The Balaban J connectivity index is 3.40. The van der Waals surface area contributed by atoms with E-state index in [2.05, 4.69) is 9.47 Å². The average Bonchev–Trinajstić information content (AvgIpc) is 2.15. The number of nitro groups is 1. The summed E-state index contributed by atoms with van der Waals surface area (Å²) < 4.78 is 22.2. The SMILES string of the molecule is COc1cc(F)cc(OC)c1[N+](=O)[O-]. The van der Waals surface area contributed by atoms with Gasteiger partial charge in [0.15, 0.2) is 0 Å². The molecule has 1 aromatic rings. The molecule has 1 rings (SSSR count). The second-order valence-electron chi connectivity index (χ2n) is 2.42. The van der Waals surface area contributed by atoms with Crippen molar-refractivity contribution in [3.05, 3.63) is 28.1 Å². The van der Waals surface area contributed by atoms with Crippen molar-refractivity contribution in [2.45, 2.75) is 0 Å². The van der Waals surface area contributed by atoms with Crippen LogP contribution in [0.15, 0.2) is 12.1 Å². The highest BCUT2D eigenvalue weighted by Gasteiger charge is 2.23. The van der Waals surface area contributed by atoms with Gasteiger partial charge >= 0.3 is 5.69 Å². The van der Waals surface area contributed by atoms with Crippen LogP contribution in [0, 0.1) is 15.9 Å². The first-order valence-corrected chi connectivity index (χ1v) is 3.66. The molecule has 0 heterocycles. The molecule has 5 nitrogen and oxygen atoms in total. The topological polar surface area (TPSA) is 61.6 Å². The molecule has 0 aliphatic carbocycles. The zero-order chi connectivity index (χ0) is 10.7. The van der Waals surface area contributed by atoms with Crippen molar-refractivity contribution in [2.75, 3.05) is 14.2 Å². The van der Waals surface area contributed by atoms with Crippen LogP contribution in [0.2, 0.25) is 0 Å². The van der Waals surface area contributed by atoms with Crippen LogP contribution in [-0.2, 0) is 0 Å². The van der Waals surface area contributed by atoms with Crippen molar-refractivity contribution in [3.63, 3.8) is 0 Å². The van der Waals surface area contributed by atoms with Gasteiger partial charge in [-0.3, -0.25) is 10.1 Å². The van der Waals surface area contributed by atoms with Gasteiger partial charge < -0.3 is 9.47 Å². The van der Waals surface area contributed by atoms with Crippen LogP contribution in [0.4, 0.5) is 10.1 Å². The van der Waals surface area contributed by atoms with Crippen LogP contribution in [0.5, 0.6) is 11.5 Å². The number of nitrogens with zero attached hydrogens (tertiary/aromatic N) is 1. The summed E-state index contributed by atoms with van der Waals surface area (Å²) in [5, 5.41) is 10.6. The van der Waals surface area contributed by atoms with Gasteiger partial charge in [0.1, 0.15) is 5.82 Å². The fraction of sp³-hybridized carbons (Fsp3) is 0.250. The Hall–Kier alpha value is -1.85. The van der Waals surface area contributed by atoms with Crippen LogP contribution in [-0.4, -0.2) is 19.1 Å². The molecule has 0 N–H and O–H groups in total. The minimum atomic E-state index is -0.683. The Morgan fingerprint density at radius 1 is 1.29 bits per heavy atom. The smallest absolute Gasteiger partial charge is 0.352 e. The quantitative estimate of drug-likeness (QED) is 0.552. The third-order valence-electron chi connectivity index (χ3n) is 1.63. The number of hydrogen-bond donors (Lipinski definition) is 0. The van der Waals surface area contributed by atoms with Gasteiger partial charge in [-0.05, 0) is 0 Å². The summed E-state index contributed by atoms with van der Waals surface area (Å²) in [4.78, 5) is 9.91. The van der Waals surface area contributed by atoms with E-state index in [1.54, 1.807) is 0 Å². The first-order valence-electron chi connectivity index (χ1n) is 3.66. The first-order chi connectivity index (χ1) is 6.60. The lowest BCUT2D eigenvalue weighted by Crippen LogP contribution is -1.98. The molecule has 0 aliphatic heterocycles. The monoisotopic (exact) mass is 201 g/mol. The second-order valence-corrected chi connectivity index (χ2v) is 2.42. The molecule has 0 unspecified atom stereocenters. The summed E-state index contributed by atoms with van der Waals surface area (Å²) in [5.41, 5.74) is -0.378.